The molecule has 3 heterocycles. The number of rotatable bonds is 3. The highest BCUT2D eigenvalue weighted by Crippen LogP contribution is 2.28. The molecule has 27 heavy (non-hydrogen) atoms. The van der Waals surface area contributed by atoms with Crippen molar-refractivity contribution in [2.24, 2.45) is 7.05 Å². The van der Waals surface area contributed by atoms with Crippen LogP contribution in [0.5, 0.6) is 0 Å². The maximum Gasteiger partial charge on any atom is 0.253 e. The van der Waals surface area contributed by atoms with E-state index in [9.17, 15) is 9.18 Å². The van der Waals surface area contributed by atoms with Gasteiger partial charge in [-0.3, -0.25) is 4.79 Å². The molecule has 0 N–H and O–H groups in total. The lowest BCUT2D eigenvalue weighted by molar-refractivity contribution is 0.0790. The van der Waals surface area contributed by atoms with Crippen LogP contribution in [0.2, 0.25) is 0 Å². The highest BCUT2D eigenvalue weighted by atomic mass is 19.1. The largest absolute Gasteiger partial charge is 0.338 e. The Balaban J connectivity index is 1.56. The molecule has 138 valence electrons. The summed E-state index contributed by atoms with van der Waals surface area (Å²) in [6.45, 7) is 3.07. The Hall–Kier alpha value is -3.09. The highest BCUT2D eigenvalue weighted by Gasteiger charge is 2.30. The van der Waals surface area contributed by atoms with E-state index in [1.807, 2.05) is 30.8 Å². The van der Waals surface area contributed by atoms with E-state index in [1.54, 1.807) is 23.2 Å². The molecule has 1 aliphatic rings. The van der Waals surface area contributed by atoms with Gasteiger partial charge in [0.2, 0.25) is 0 Å². The Morgan fingerprint density at radius 2 is 2.11 bits per heavy atom. The number of halogens is 1. The van der Waals surface area contributed by atoms with Gasteiger partial charge in [0, 0.05) is 49.7 Å². The van der Waals surface area contributed by atoms with Crippen LogP contribution in [0, 0.1) is 12.7 Å². The highest BCUT2D eigenvalue weighted by molar-refractivity contribution is 5.94. The molecule has 6 nitrogen and oxygen atoms in total. The minimum Gasteiger partial charge on any atom is -0.338 e. The Morgan fingerprint density at radius 1 is 1.26 bits per heavy atom. The Kier molecular flexibility index (Phi) is 4.43. The van der Waals surface area contributed by atoms with Crippen LogP contribution in [-0.2, 0) is 7.05 Å². The van der Waals surface area contributed by atoms with E-state index in [4.69, 9.17) is 4.98 Å². The molecule has 4 rings (SSSR count). The molecule has 2 aromatic heterocycles. The number of carbonyl (C=O) groups is 1. The minimum absolute atomic E-state index is 0.0569. The van der Waals surface area contributed by atoms with Crippen molar-refractivity contribution in [3.05, 3.63) is 65.6 Å². The summed E-state index contributed by atoms with van der Waals surface area (Å²) >= 11 is 0. The molecule has 1 fully saturated rings. The first-order valence-electron chi connectivity index (χ1n) is 8.89. The van der Waals surface area contributed by atoms with Gasteiger partial charge in [-0.1, -0.05) is 6.07 Å². The van der Waals surface area contributed by atoms with E-state index in [1.165, 1.54) is 12.1 Å². The summed E-state index contributed by atoms with van der Waals surface area (Å²) in [6.07, 6.45) is 4.40. The molecule has 1 unspecified atom stereocenters. The average molecular weight is 365 g/mol. The van der Waals surface area contributed by atoms with Crippen molar-refractivity contribution < 1.29 is 9.18 Å². The van der Waals surface area contributed by atoms with Gasteiger partial charge in [0.25, 0.3) is 5.91 Å². The van der Waals surface area contributed by atoms with Crippen molar-refractivity contribution in [2.75, 3.05) is 13.1 Å². The van der Waals surface area contributed by atoms with Gasteiger partial charge in [0.15, 0.2) is 5.82 Å². The number of amides is 1. The van der Waals surface area contributed by atoms with E-state index in [0.29, 0.717) is 18.7 Å². The summed E-state index contributed by atoms with van der Waals surface area (Å²) in [5.41, 5.74) is 2.02. The molecule has 3 aromatic rings. The van der Waals surface area contributed by atoms with E-state index >= 15 is 0 Å². The molecule has 1 saturated heterocycles. The third kappa shape index (κ3) is 3.45. The first-order valence-corrected chi connectivity index (χ1v) is 8.89. The molecule has 7 heteroatoms. The lowest BCUT2D eigenvalue weighted by Gasteiger charge is -2.16. The first-order chi connectivity index (χ1) is 13.0. The van der Waals surface area contributed by atoms with Gasteiger partial charge in [0.05, 0.1) is 0 Å². The smallest absolute Gasteiger partial charge is 0.253 e. The first kappa shape index (κ1) is 17.3. The Labute approximate surface area is 156 Å². The molecule has 0 saturated carbocycles. The average Bonchev–Trinajstić information content (AvgIpc) is 3.30. The van der Waals surface area contributed by atoms with Crippen molar-refractivity contribution in [1.29, 1.82) is 0 Å². The van der Waals surface area contributed by atoms with Crippen LogP contribution in [0.1, 0.15) is 34.2 Å². The van der Waals surface area contributed by atoms with Crippen LogP contribution in [0.15, 0.2) is 42.7 Å². The Bertz CT molecular complexity index is 1000. The normalized spacial score (nSPS) is 16.7. The number of imidazole rings is 1. The van der Waals surface area contributed by atoms with Gasteiger partial charge in [-0.25, -0.2) is 19.3 Å². The number of carbonyl (C=O) groups excluding carboxylic acids is 1. The number of benzene rings is 1. The van der Waals surface area contributed by atoms with Gasteiger partial charge in [-0.05, 0) is 37.6 Å². The van der Waals surface area contributed by atoms with E-state index in [-0.39, 0.29) is 11.8 Å². The number of aryl methyl sites for hydroxylation is 2. The van der Waals surface area contributed by atoms with E-state index < -0.39 is 5.82 Å². The molecule has 1 aromatic carbocycles. The zero-order valence-electron chi connectivity index (χ0n) is 15.3. The number of hydrogen-bond donors (Lipinski definition) is 0. The van der Waals surface area contributed by atoms with Crippen molar-refractivity contribution >= 4 is 5.91 Å². The fourth-order valence-corrected chi connectivity index (χ4v) is 3.46. The van der Waals surface area contributed by atoms with Crippen LogP contribution < -0.4 is 0 Å². The molecular formula is C20H20FN5O. The van der Waals surface area contributed by atoms with Crippen molar-refractivity contribution in [1.82, 2.24) is 24.4 Å². The van der Waals surface area contributed by atoms with Gasteiger partial charge in [0.1, 0.15) is 17.3 Å². The number of aromatic nitrogens is 4. The monoisotopic (exact) mass is 365 g/mol. The molecule has 0 spiro atoms. The second kappa shape index (κ2) is 6.90. The predicted molar refractivity (Wildman–Crippen MR) is 98.6 cm³/mol. The van der Waals surface area contributed by atoms with E-state index in [2.05, 4.69) is 9.97 Å². The molecule has 1 atom stereocenters. The fraction of sp³-hybridized carbons (Fsp3) is 0.300. The molecular weight excluding hydrogens is 345 g/mol. The van der Waals surface area contributed by atoms with Gasteiger partial charge < -0.3 is 9.47 Å². The van der Waals surface area contributed by atoms with Crippen LogP contribution in [0.3, 0.4) is 0 Å². The zero-order chi connectivity index (χ0) is 19.0. The third-order valence-electron chi connectivity index (χ3n) is 4.83. The van der Waals surface area contributed by atoms with E-state index in [0.717, 1.165) is 29.5 Å². The summed E-state index contributed by atoms with van der Waals surface area (Å²) in [5, 5.41) is 0. The van der Waals surface area contributed by atoms with Crippen molar-refractivity contribution in [3.8, 4) is 11.5 Å². The molecule has 0 aliphatic carbocycles. The lowest BCUT2D eigenvalue weighted by atomic mass is 10.1. The second-order valence-electron chi connectivity index (χ2n) is 6.86. The number of likely N-dealkylation sites (tertiary alicyclic amines) is 1. The zero-order valence-corrected chi connectivity index (χ0v) is 15.3. The van der Waals surface area contributed by atoms with Crippen LogP contribution in [-0.4, -0.2) is 43.4 Å². The lowest BCUT2D eigenvalue weighted by Crippen LogP contribution is -2.28. The predicted octanol–water partition coefficient (Wildman–Crippen LogP) is 2.95. The maximum absolute atomic E-state index is 13.4. The third-order valence-corrected chi connectivity index (χ3v) is 4.83. The molecule has 1 aliphatic heterocycles. The number of hydrogen-bond acceptors (Lipinski definition) is 4. The topological polar surface area (TPSA) is 63.9 Å². The second-order valence-corrected chi connectivity index (χ2v) is 6.86. The minimum atomic E-state index is -0.404. The van der Waals surface area contributed by atoms with Crippen LogP contribution in [0.25, 0.3) is 11.5 Å². The maximum atomic E-state index is 13.4. The molecule has 1 amide bonds. The SMILES string of the molecule is Cc1cc(-c2nccn2C)nc(C2CCN(C(=O)c3cccc(F)c3)C2)n1. The number of nitrogens with zero attached hydrogens (tertiary/aromatic N) is 5. The standard InChI is InChI=1S/C20H20FN5O/c1-13-10-17(19-22-7-9-25(19)2)24-18(23-13)15-6-8-26(12-15)20(27)14-4-3-5-16(21)11-14/h3-5,7,9-11,15H,6,8,12H2,1-2H3. The van der Waals surface area contributed by atoms with Gasteiger partial charge >= 0.3 is 0 Å². The summed E-state index contributed by atoms with van der Waals surface area (Å²) < 4.78 is 15.3. The van der Waals surface area contributed by atoms with Crippen LogP contribution >= 0.6 is 0 Å². The van der Waals surface area contributed by atoms with Crippen molar-refractivity contribution in [3.63, 3.8) is 0 Å². The summed E-state index contributed by atoms with van der Waals surface area (Å²) in [5.74, 6) is 1.00. The Morgan fingerprint density at radius 3 is 2.85 bits per heavy atom. The summed E-state index contributed by atoms with van der Waals surface area (Å²) in [7, 11) is 1.93. The molecule has 0 radical (unpaired) electrons. The van der Waals surface area contributed by atoms with Crippen LogP contribution in [0.4, 0.5) is 4.39 Å². The molecule has 0 bridgehead atoms. The summed E-state index contributed by atoms with van der Waals surface area (Å²) in [4.78, 5) is 28.0. The van der Waals surface area contributed by atoms with Gasteiger partial charge in [-0.2, -0.15) is 0 Å². The summed E-state index contributed by atoms with van der Waals surface area (Å²) in [6, 6.07) is 7.72. The quantitative estimate of drug-likeness (QED) is 0.716. The fourth-order valence-electron chi connectivity index (χ4n) is 3.46. The van der Waals surface area contributed by atoms with Crippen molar-refractivity contribution in [2.45, 2.75) is 19.3 Å². The van der Waals surface area contributed by atoms with Gasteiger partial charge in [-0.15, -0.1) is 0 Å².